The lowest BCUT2D eigenvalue weighted by Gasteiger charge is -2.40. The topological polar surface area (TPSA) is 373 Å². The average molecular weight is 1670 g/mol. The molecule has 0 unspecified atom stereocenters. The van der Waals surface area contributed by atoms with Crippen molar-refractivity contribution in [2.24, 2.45) is 35.5 Å². The van der Waals surface area contributed by atoms with E-state index in [-0.39, 0.29) is 113 Å². The molecule has 0 aromatic heterocycles. The molecule has 28 heteroatoms. The first-order chi connectivity index (χ1) is 55.8. The molecular formula is C89H150O28. The molecule has 4 fully saturated rings. The van der Waals surface area contributed by atoms with Crippen LogP contribution < -0.4 is 0 Å². The second-order valence-corrected chi connectivity index (χ2v) is 34.7. The number of rotatable bonds is 23. The van der Waals surface area contributed by atoms with Gasteiger partial charge in [-0.25, -0.2) is 9.59 Å². The summed E-state index contributed by atoms with van der Waals surface area (Å²) in [5.41, 5.74) is 1.29. The minimum atomic E-state index is -1.36. The van der Waals surface area contributed by atoms with E-state index >= 15 is 0 Å². The molecule has 7 aliphatic heterocycles. The molecule has 0 radical (unpaired) electrons. The van der Waals surface area contributed by atoms with E-state index < -0.39 is 182 Å². The Bertz CT molecular complexity index is 3020. The summed E-state index contributed by atoms with van der Waals surface area (Å²) < 4.78 is 104. The van der Waals surface area contributed by atoms with E-state index in [9.17, 15) is 55.5 Å². The van der Waals surface area contributed by atoms with E-state index in [1.165, 1.54) is 33.5 Å². The van der Waals surface area contributed by atoms with Gasteiger partial charge in [-0.3, -0.25) is 0 Å². The van der Waals surface area contributed by atoms with Crippen LogP contribution in [0.2, 0.25) is 0 Å². The van der Waals surface area contributed by atoms with E-state index in [2.05, 4.69) is 0 Å². The van der Waals surface area contributed by atoms with Gasteiger partial charge in [-0.1, -0.05) is 101 Å². The molecule has 7 aliphatic rings. The summed E-state index contributed by atoms with van der Waals surface area (Å²) >= 11 is 0. The van der Waals surface area contributed by atoms with Gasteiger partial charge in [0.15, 0.2) is 12.6 Å². The highest BCUT2D eigenvalue weighted by atomic mass is 16.7. The van der Waals surface area contributed by atoms with Gasteiger partial charge < -0.3 is 126 Å². The number of allylic oxidation sites excluding steroid dienone is 4. The molecule has 0 spiro atoms. The summed E-state index contributed by atoms with van der Waals surface area (Å²) in [5.74, 6) is -4.46. The summed E-state index contributed by atoms with van der Waals surface area (Å²) in [4.78, 5) is 28.4. The zero-order valence-corrected chi connectivity index (χ0v) is 72.9. The van der Waals surface area contributed by atoms with E-state index in [4.69, 9.17) is 80.5 Å². The molecule has 0 aromatic carbocycles. The van der Waals surface area contributed by atoms with Gasteiger partial charge in [-0.2, -0.15) is 0 Å². The van der Waals surface area contributed by atoms with Crippen LogP contribution in [-0.2, 0) is 90.1 Å². The molecular weight excluding hydrogens is 1520 g/mol. The Morgan fingerprint density at radius 3 is 1.22 bits per heavy atom. The maximum atomic E-state index is 14.2. The van der Waals surface area contributed by atoms with Gasteiger partial charge >= 0.3 is 11.9 Å². The van der Waals surface area contributed by atoms with Crippen LogP contribution in [0.3, 0.4) is 0 Å². The van der Waals surface area contributed by atoms with E-state index in [0.717, 1.165) is 25.7 Å². The average Bonchev–Trinajstić information content (AvgIpc) is 0.839. The molecule has 7 rings (SSSR count). The number of esters is 2. The number of aliphatic hydroxyl groups is 9. The Balaban J connectivity index is 1.17. The first-order valence-electron chi connectivity index (χ1n) is 43.2. The fourth-order valence-electron chi connectivity index (χ4n) is 17.8. The molecule has 0 aromatic rings. The third-order valence-electron chi connectivity index (χ3n) is 25.5. The van der Waals surface area contributed by atoms with Gasteiger partial charge in [0.2, 0.25) is 0 Å². The molecule has 36 atom stereocenters. The van der Waals surface area contributed by atoms with Gasteiger partial charge in [0, 0.05) is 124 Å². The molecule has 117 heavy (non-hydrogen) atoms. The van der Waals surface area contributed by atoms with Gasteiger partial charge in [-0.15, -0.1) is 0 Å². The van der Waals surface area contributed by atoms with Crippen molar-refractivity contribution >= 4 is 11.9 Å². The van der Waals surface area contributed by atoms with Crippen LogP contribution in [0.5, 0.6) is 0 Å². The fourth-order valence-corrected chi connectivity index (χ4v) is 17.8. The highest BCUT2D eigenvalue weighted by molar-refractivity contribution is 5.83. The van der Waals surface area contributed by atoms with Gasteiger partial charge in [-0.05, 0) is 129 Å². The third-order valence-corrected chi connectivity index (χ3v) is 25.5. The first-order valence-corrected chi connectivity index (χ1v) is 43.2. The molecule has 4 saturated heterocycles. The van der Waals surface area contributed by atoms with Crippen molar-refractivity contribution in [3.05, 3.63) is 71.9 Å². The number of aliphatic hydroxyl groups excluding tert-OH is 9. The van der Waals surface area contributed by atoms with Crippen molar-refractivity contribution in [1.29, 1.82) is 0 Å². The number of carbonyl (C=O) groups excluding carboxylic acids is 2. The minimum Gasteiger partial charge on any atom is -0.459 e. The number of hydrogen-bond acceptors (Lipinski definition) is 28. The van der Waals surface area contributed by atoms with Crippen LogP contribution >= 0.6 is 0 Å². The summed E-state index contributed by atoms with van der Waals surface area (Å²) in [7, 11) is 10.9. The van der Waals surface area contributed by atoms with Crippen molar-refractivity contribution in [3.8, 4) is 0 Å². The SMILES string of the molecule is CO[C@H]1C[C@H](CC[C@H](C)[C@H](O)[C@H](C)[C@@H]2C[C@H](O)C[C@H](O)[C@H](C)[C@@H](OC)C[C@@H]3CC=C[C@@H](C[C@@H](O[C@H]4OC[C@H](OC)[C@@H](OC)[C@@H]4O)CC=C(C)/C=C/C(=O)O[C@H]([C@@H](C)[C@@H](O)[C@@H](C)CC[C@H]4C[C@H](OC)C[C@H](C)O4)C[C@H](O)C[C@H](O)[C@H](C)[C@@H](OC)C[C@@H]4CC=C[C@@H](C[C@@H](O[C@H]5OC[C@H](O)[C@@H](OC)[C@@H]5O)C/C=C(/C)C=CC(=O)O2)O4)O3)O[C@@H](C)C1. The number of hydrogen-bond donors (Lipinski definition) is 9. The van der Waals surface area contributed by atoms with Crippen LogP contribution in [0.1, 0.15) is 198 Å². The zero-order chi connectivity index (χ0) is 85.7. The van der Waals surface area contributed by atoms with Gasteiger partial charge in [0.05, 0.1) is 135 Å². The number of ether oxygens (including phenoxy) is 17. The lowest BCUT2D eigenvalue weighted by atomic mass is 9.83. The molecule has 0 amide bonds. The van der Waals surface area contributed by atoms with Crippen molar-refractivity contribution in [3.63, 3.8) is 0 Å². The molecule has 28 nitrogen and oxygen atoms in total. The summed E-state index contributed by atoms with van der Waals surface area (Å²) in [6.45, 7) is 18.8. The Labute approximate surface area is 696 Å². The van der Waals surface area contributed by atoms with Crippen LogP contribution in [0.4, 0.5) is 0 Å². The number of fused-ring (bicyclic) bond motifs is 4. The fraction of sp³-hybridized carbons (Fsp3) is 0.843. The Kier molecular flexibility index (Phi) is 43.8. The molecule has 4 bridgehead atoms. The molecule has 7 heterocycles. The Morgan fingerprint density at radius 2 is 0.829 bits per heavy atom. The smallest absolute Gasteiger partial charge is 0.331 e. The third kappa shape index (κ3) is 32.2. The zero-order valence-electron chi connectivity index (χ0n) is 72.9. The first kappa shape index (κ1) is 101. The van der Waals surface area contributed by atoms with Crippen LogP contribution in [0.15, 0.2) is 71.9 Å². The van der Waals surface area contributed by atoms with E-state index in [1.807, 2.05) is 84.9 Å². The van der Waals surface area contributed by atoms with E-state index in [1.54, 1.807) is 61.4 Å². The summed E-state index contributed by atoms with van der Waals surface area (Å²) in [5, 5.41) is 106. The Hall–Kier alpha value is -3.58. The lowest BCUT2D eigenvalue weighted by Crippen LogP contribution is -2.56. The second kappa shape index (κ2) is 51.0. The number of cyclic esters (lactones) is 2. The maximum Gasteiger partial charge on any atom is 0.331 e. The van der Waals surface area contributed by atoms with Crippen LogP contribution in [0, 0.1) is 35.5 Å². The van der Waals surface area contributed by atoms with Gasteiger partial charge in [0.1, 0.15) is 48.8 Å². The normalized spacial score (nSPS) is 41.0. The Morgan fingerprint density at radius 1 is 0.427 bits per heavy atom. The molecule has 0 saturated carbocycles. The maximum absolute atomic E-state index is 14.2. The minimum absolute atomic E-state index is 0.0170. The van der Waals surface area contributed by atoms with Crippen LogP contribution in [0.25, 0.3) is 0 Å². The quantitative estimate of drug-likeness (QED) is 0.0342. The number of carbonyl (C=O) groups is 2. The molecule has 674 valence electrons. The standard InChI is InChI=1S/C89H150O28/c1-50-24-30-68(114-88-84(99)86(106-16)74(94)48-108-88)42-62-20-18-22-64(112-62)46-75(103-13)56(7)72(92)38-60(90)41-78(59(10)83(98)53(4)29-33-67-45-71(102-12)37-55(6)111-67)117-81(96)35-27-51(2)25-31-69(115-89-85(100)87(107-17)79(105-15)49-109-89)43-63-21-19-23-65(113-63)47-76(104-14)57(8)73(93)39-61(91)40-77(116-80(95)34-26-50)58(9)82(97)52(3)28-32-66-44-70(101-11)36-54(5)110-66/h18-21,24-27,34-35,52-79,82-94,97-100H,22-23,28-33,36-49H2,1-17H3/b34-26?,35-27+,50-24-,51-25?/t52-,53-,54-,55-,56-,57-,58+,59+,60+,61+,62-,63-,64-,65-,66-,67-,68-,69-,70+,71+,72-,73-,74-,75-,76-,77-,78-,79-,82-,83-,84-,85-,86+,87+,88+,89+/m0/s1. The summed E-state index contributed by atoms with van der Waals surface area (Å²) in [6.07, 6.45) is 4.02. The van der Waals surface area contributed by atoms with Crippen LogP contribution in [-0.4, -0.2) is 304 Å². The molecule has 0 aliphatic carbocycles. The monoisotopic (exact) mass is 1670 g/mol. The van der Waals surface area contributed by atoms with E-state index in [0.29, 0.717) is 62.5 Å². The van der Waals surface area contributed by atoms with Crippen molar-refractivity contribution in [1.82, 2.24) is 0 Å². The largest absolute Gasteiger partial charge is 0.459 e. The summed E-state index contributed by atoms with van der Waals surface area (Å²) in [6, 6.07) is 0. The highest BCUT2D eigenvalue weighted by Crippen LogP contribution is 2.37. The lowest BCUT2D eigenvalue weighted by molar-refractivity contribution is -0.290. The predicted octanol–water partition coefficient (Wildman–Crippen LogP) is 8.51. The van der Waals surface area contributed by atoms with Gasteiger partial charge in [0.25, 0.3) is 0 Å². The predicted molar refractivity (Wildman–Crippen MR) is 436 cm³/mol. The van der Waals surface area contributed by atoms with Crippen molar-refractivity contribution in [2.75, 3.05) is 63.0 Å². The van der Waals surface area contributed by atoms with Crippen molar-refractivity contribution in [2.45, 2.75) is 381 Å². The number of methoxy groups -OCH3 is 7. The second-order valence-electron chi connectivity index (χ2n) is 34.7. The van der Waals surface area contributed by atoms with Crippen molar-refractivity contribution < 1.29 is 136 Å². The highest BCUT2D eigenvalue weighted by Gasteiger charge is 2.45. The molecule has 9 N–H and O–H groups in total.